The van der Waals surface area contributed by atoms with Crippen LogP contribution < -0.4 is 5.73 Å². The van der Waals surface area contributed by atoms with Crippen LogP contribution in [0.25, 0.3) is 0 Å². The zero-order chi connectivity index (χ0) is 17.5. The van der Waals surface area contributed by atoms with Crippen LogP contribution in [0.3, 0.4) is 0 Å². The summed E-state index contributed by atoms with van der Waals surface area (Å²) in [6.45, 7) is 4.13. The Hall–Kier alpha value is -2.70. The second kappa shape index (κ2) is 13.3. The minimum atomic E-state index is -0.411. The van der Waals surface area contributed by atoms with Crippen molar-refractivity contribution in [1.82, 2.24) is 9.80 Å². The molecule has 0 aromatic rings. The second-order valence-electron chi connectivity index (χ2n) is 3.88. The first-order chi connectivity index (χ1) is 10.3. The van der Waals surface area contributed by atoms with Gasteiger partial charge < -0.3 is 30.2 Å². The molecule has 0 heterocycles. The maximum Gasteiger partial charge on any atom is 0.326 e. The van der Waals surface area contributed by atoms with Crippen molar-refractivity contribution in [3.63, 3.8) is 0 Å². The molecule has 0 amide bonds. The summed E-state index contributed by atoms with van der Waals surface area (Å²) >= 11 is 0. The number of oxime groups is 1. The molecule has 22 heavy (non-hydrogen) atoms. The molecular weight excluding hydrogens is 294 g/mol. The number of nitrogens with zero attached hydrogens (tertiary/aromatic N) is 4. The number of guanidine groups is 1. The number of esters is 2. The number of hydrogen-bond donors (Lipinski definition) is 2. The normalized spacial score (nSPS) is 9.68. The van der Waals surface area contributed by atoms with Crippen molar-refractivity contribution in [2.75, 3.05) is 40.4 Å². The molecule has 0 aromatic carbocycles. The average molecular weight is 317 g/mol. The summed E-state index contributed by atoms with van der Waals surface area (Å²) < 4.78 is 9.22. The van der Waals surface area contributed by atoms with Gasteiger partial charge in [-0.3, -0.25) is 9.59 Å². The standard InChI is InChI=1S/C6H13N3O3.C6H10N2O2/c1-3-12-5(10)4-9(2)6(7)8-11;1-3-10-6(9)4-8(2)5-7/h11H,3-4H2,1-2H3,(H2,7,8);3-4H2,1-2H3. The van der Waals surface area contributed by atoms with Crippen molar-refractivity contribution in [3.8, 4) is 6.19 Å². The molecule has 0 atom stereocenters. The number of carbonyl (C=O) groups is 2. The van der Waals surface area contributed by atoms with Crippen LogP contribution in [0.1, 0.15) is 13.8 Å². The quantitative estimate of drug-likeness (QED) is 0.122. The Labute approximate surface area is 129 Å². The van der Waals surface area contributed by atoms with E-state index in [0.717, 1.165) is 0 Å². The zero-order valence-electron chi connectivity index (χ0n) is 13.3. The Morgan fingerprint density at radius 2 is 1.64 bits per heavy atom. The first kappa shape index (κ1) is 21.6. The van der Waals surface area contributed by atoms with Gasteiger partial charge in [0, 0.05) is 14.1 Å². The van der Waals surface area contributed by atoms with Crippen LogP contribution >= 0.6 is 0 Å². The summed E-state index contributed by atoms with van der Waals surface area (Å²) in [6.07, 6.45) is 1.79. The molecule has 0 aliphatic rings. The molecular formula is C12H23N5O5. The molecule has 0 fully saturated rings. The van der Waals surface area contributed by atoms with Gasteiger partial charge in [-0.15, -0.1) is 0 Å². The minimum Gasteiger partial charge on any atom is -0.465 e. The predicted octanol–water partition coefficient (Wildman–Crippen LogP) is -0.852. The first-order valence-electron chi connectivity index (χ1n) is 6.43. The summed E-state index contributed by atoms with van der Waals surface area (Å²) in [5.74, 6) is -0.902. The van der Waals surface area contributed by atoms with Crippen LogP contribution in [0.15, 0.2) is 5.16 Å². The molecule has 0 saturated carbocycles. The molecule has 0 saturated heterocycles. The van der Waals surface area contributed by atoms with E-state index in [1.165, 1.54) is 23.9 Å². The van der Waals surface area contributed by atoms with Crippen LogP contribution in [0.4, 0.5) is 0 Å². The van der Waals surface area contributed by atoms with Gasteiger partial charge >= 0.3 is 11.9 Å². The van der Waals surface area contributed by atoms with Crippen molar-refractivity contribution >= 4 is 17.9 Å². The number of rotatable bonds is 6. The Kier molecular flexibility index (Phi) is 13.0. The summed E-state index contributed by atoms with van der Waals surface area (Å²) in [7, 11) is 3.04. The number of nitrogens with two attached hydrogens (primary N) is 1. The lowest BCUT2D eigenvalue weighted by atomic mass is 10.6. The number of nitriles is 1. The molecule has 0 radical (unpaired) electrons. The Morgan fingerprint density at radius 1 is 1.18 bits per heavy atom. The summed E-state index contributed by atoms with van der Waals surface area (Å²) in [4.78, 5) is 23.9. The third-order valence-corrected chi connectivity index (χ3v) is 2.01. The summed E-state index contributed by atoms with van der Waals surface area (Å²) in [5.41, 5.74) is 5.18. The van der Waals surface area contributed by atoms with E-state index in [0.29, 0.717) is 13.2 Å². The molecule has 0 aliphatic carbocycles. The van der Waals surface area contributed by atoms with Crippen LogP contribution in [0.5, 0.6) is 0 Å². The highest BCUT2D eigenvalue weighted by Crippen LogP contribution is 1.85. The van der Waals surface area contributed by atoms with Gasteiger partial charge in [0.1, 0.15) is 13.1 Å². The molecule has 126 valence electrons. The number of hydrogen-bond acceptors (Lipinski definition) is 8. The average Bonchev–Trinajstić information content (AvgIpc) is 2.47. The van der Waals surface area contributed by atoms with E-state index < -0.39 is 5.97 Å². The largest absolute Gasteiger partial charge is 0.465 e. The van der Waals surface area contributed by atoms with Gasteiger partial charge in [-0.25, -0.2) is 0 Å². The topological polar surface area (TPSA) is 141 Å². The monoisotopic (exact) mass is 317 g/mol. The lowest BCUT2D eigenvalue weighted by Gasteiger charge is -2.14. The SMILES string of the molecule is CCOC(=O)CN(C)/C(N)=N/O.CCOC(=O)CN(C)C#N. The predicted molar refractivity (Wildman–Crippen MR) is 77.5 cm³/mol. The van der Waals surface area contributed by atoms with E-state index in [1.807, 2.05) is 0 Å². The lowest BCUT2D eigenvalue weighted by molar-refractivity contribution is -0.144. The van der Waals surface area contributed by atoms with Crippen LogP contribution in [0, 0.1) is 11.5 Å². The Balaban J connectivity index is 0. The summed E-state index contributed by atoms with van der Waals surface area (Å²) in [5, 5.41) is 19.2. The van der Waals surface area contributed by atoms with Gasteiger partial charge in [0.05, 0.1) is 13.2 Å². The highest BCUT2D eigenvalue weighted by molar-refractivity contribution is 5.82. The molecule has 0 rings (SSSR count). The molecule has 10 heteroatoms. The fraction of sp³-hybridized carbons (Fsp3) is 0.667. The third kappa shape index (κ3) is 12.3. The first-order valence-corrected chi connectivity index (χ1v) is 6.43. The molecule has 3 N–H and O–H groups in total. The van der Waals surface area contributed by atoms with Crippen LogP contribution in [0.2, 0.25) is 0 Å². The van der Waals surface area contributed by atoms with Gasteiger partial charge in [-0.05, 0) is 13.8 Å². The fourth-order valence-electron chi connectivity index (χ4n) is 0.993. The van der Waals surface area contributed by atoms with Crippen molar-refractivity contribution < 1.29 is 24.3 Å². The zero-order valence-corrected chi connectivity index (χ0v) is 13.3. The fourth-order valence-corrected chi connectivity index (χ4v) is 0.993. The number of carbonyl (C=O) groups excluding carboxylic acids is 2. The molecule has 0 unspecified atom stereocenters. The van der Waals surface area contributed by atoms with Gasteiger partial charge in [0.15, 0.2) is 6.19 Å². The Bertz CT molecular complexity index is 407. The van der Waals surface area contributed by atoms with Gasteiger partial charge in [0.2, 0.25) is 5.96 Å². The van der Waals surface area contributed by atoms with Crippen LogP contribution in [-0.2, 0) is 19.1 Å². The second-order valence-corrected chi connectivity index (χ2v) is 3.88. The molecule has 0 bridgehead atoms. The van der Waals surface area contributed by atoms with E-state index in [2.05, 4.69) is 14.6 Å². The minimum absolute atomic E-state index is 0.0241. The molecule has 0 aromatic heterocycles. The maximum absolute atomic E-state index is 10.8. The van der Waals surface area contributed by atoms with E-state index in [-0.39, 0.29) is 25.0 Å². The van der Waals surface area contributed by atoms with Crippen molar-refractivity contribution in [3.05, 3.63) is 0 Å². The smallest absolute Gasteiger partial charge is 0.326 e. The van der Waals surface area contributed by atoms with Crippen molar-refractivity contribution in [1.29, 1.82) is 5.26 Å². The van der Waals surface area contributed by atoms with Gasteiger partial charge in [-0.2, -0.15) is 5.26 Å². The van der Waals surface area contributed by atoms with E-state index in [9.17, 15) is 9.59 Å². The number of ether oxygens (including phenoxy) is 2. The van der Waals surface area contributed by atoms with Gasteiger partial charge in [-0.1, -0.05) is 5.16 Å². The maximum atomic E-state index is 10.8. The number of likely N-dealkylation sites (N-methyl/N-ethyl adjacent to an activating group) is 2. The van der Waals surface area contributed by atoms with Gasteiger partial charge in [0.25, 0.3) is 0 Å². The lowest BCUT2D eigenvalue weighted by Crippen LogP contribution is -2.38. The molecule has 10 nitrogen and oxygen atoms in total. The third-order valence-electron chi connectivity index (χ3n) is 2.01. The highest BCUT2D eigenvalue weighted by Gasteiger charge is 2.08. The van der Waals surface area contributed by atoms with E-state index in [1.54, 1.807) is 20.0 Å². The molecule has 0 spiro atoms. The summed E-state index contributed by atoms with van der Waals surface area (Å²) in [6, 6.07) is 0. The van der Waals surface area contributed by atoms with Crippen molar-refractivity contribution in [2.24, 2.45) is 10.9 Å². The van der Waals surface area contributed by atoms with Crippen LogP contribution in [-0.4, -0.2) is 73.3 Å². The molecule has 0 aliphatic heterocycles. The van der Waals surface area contributed by atoms with Crippen molar-refractivity contribution in [2.45, 2.75) is 13.8 Å². The highest BCUT2D eigenvalue weighted by atomic mass is 16.5. The van der Waals surface area contributed by atoms with E-state index in [4.69, 9.17) is 16.2 Å². The van der Waals surface area contributed by atoms with E-state index >= 15 is 0 Å². The Morgan fingerprint density at radius 3 is 2.00 bits per heavy atom.